The largest absolute Gasteiger partial charge is 0.476 e. The molecule has 2 N–H and O–H groups in total. The van der Waals surface area contributed by atoms with Crippen LogP contribution in [0.3, 0.4) is 0 Å². The molecule has 1 aliphatic heterocycles. The maximum absolute atomic E-state index is 11.0. The van der Waals surface area contributed by atoms with Crippen molar-refractivity contribution in [3.8, 4) is 17.1 Å². The third kappa shape index (κ3) is 4.96. The Balaban J connectivity index is 1.56. The van der Waals surface area contributed by atoms with Crippen LogP contribution in [0.5, 0.6) is 5.88 Å². The highest BCUT2D eigenvalue weighted by Crippen LogP contribution is 2.29. The molecule has 168 valence electrons. The summed E-state index contributed by atoms with van der Waals surface area (Å²) in [6.45, 7) is 6.21. The molecule has 2 atom stereocenters. The van der Waals surface area contributed by atoms with E-state index in [1.807, 2.05) is 4.90 Å². The Morgan fingerprint density at radius 2 is 2.23 bits per heavy atom. The van der Waals surface area contributed by atoms with Gasteiger partial charge in [0.05, 0.1) is 24.9 Å². The Morgan fingerprint density at radius 3 is 2.94 bits per heavy atom. The molecular formula is C19H28N8O3S. The minimum Gasteiger partial charge on any atom is -0.476 e. The number of hydrogen-bond acceptors (Lipinski definition) is 9. The quantitative estimate of drug-likeness (QED) is 0.328. The molecule has 0 amide bonds. The topological polar surface area (TPSA) is 130 Å². The van der Waals surface area contributed by atoms with E-state index >= 15 is 0 Å². The summed E-state index contributed by atoms with van der Waals surface area (Å²) in [6, 6.07) is 0.156. The number of piperidine rings is 1. The van der Waals surface area contributed by atoms with Gasteiger partial charge < -0.3 is 10.1 Å². The van der Waals surface area contributed by atoms with Gasteiger partial charge in [-0.05, 0) is 18.8 Å². The molecule has 0 bridgehead atoms. The lowest BCUT2D eigenvalue weighted by Gasteiger charge is -2.35. The van der Waals surface area contributed by atoms with Crippen LogP contribution in [0.15, 0.2) is 18.6 Å². The van der Waals surface area contributed by atoms with Crippen molar-refractivity contribution in [1.29, 1.82) is 0 Å². The van der Waals surface area contributed by atoms with Crippen LogP contribution in [0.25, 0.3) is 16.9 Å². The van der Waals surface area contributed by atoms with E-state index in [-0.39, 0.29) is 17.8 Å². The summed E-state index contributed by atoms with van der Waals surface area (Å²) >= 11 is 0. The fraction of sp³-hybridized carbons (Fsp3) is 0.579. The first kappa shape index (κ1) is 21.5. The van der Waals surface area contributed by atoms with E-state index in [4.69, 9.17) is 4.74 Å². The molecule has 11 nitrogen and oxygen atoms in total. The SMILES string of the molecule is CCCCOc1c(-c2cn[nH]c2)ncc2nc(N[C@H]3CCN(C[SH](=O)=O)C[C@H]3C)nn12. The number of hydrogen-bond donors (Lipinski definition) is 3. The van der Waals surface area contributed by atoms with Gasteiger partial charge in [-0.25, -0.2) is 13.4 Å². The summed E-state index contributed by atoms with van der Waals surface area (Å²) in [5.74, 6) is 1.41. The molecule has 3 aromatic heterocycles. The maximum Gasteiger partial charge on any atom is 0.244 e. The summed E-state index contributed by atoms with van der Waals surface area (Å²) in [5, 5.41) is 14.9. The molecule has 0 unspecified atom stereocenters. The van der Waals surface area contributed by atoms with Crippen molar-refractivity contribution in [3.05, 3.63) is 18.6 Å². The number of aromatic amines is 1. The average Bonchev–Trinajstić information content (AvgIpc) is 3.39. The number of ether oxygens (including phenoxy) is 1. The molecule has 0 aromatic carbocycles. The van der Waals surface area contributed by atoms with Crippen molar-refractivity contribution in [1.82, 2.24) is 34.7 Å². The third-order valence-electron chi connectivity index (χ3n) is 5.46. The van der Waals surface area contributed by atoms with Gasteiger partial charge in [0.1, 0.15) is 5.69 Å². The minimum atomic E-state index is -2.40. The van der Waals surface area contributed by atoms with Crippen LogP contribution >= 0.6 is 0 Å². The summed E-state index contributed by atoms with van der Waals surface area (Å²) < 4.78 is 29.8. The average molecular weight is 449 g/mol. The Hall–Kier alpha value is -2.73. The van der Waals surface area contributed by atoms with Crippen LogP contribution in [-0.4, -0.2) is 74.7 Å². The van der Waals surface area contributed by atoms with Gasteiger partial charge in [0, 0.05) is 30.9 Å². The van der Waals surface area contributed by atoms with Crippen molar-refractivity contribution in [2.24, 2.45) is 5.92 Å². The molecule has 0 aliphatic carbocycles. The Morgan fingerprint density at radius 1 is 1.35 bits per heavy atom. The summed E-state index contributed by atoms with van der Waals surface area (Å²) in [4.78, 5) is 11.1. The molecular weight excluding hydrogens is 420 g/mol. The highest BCUT2D eigenvalue weighted by Gasteiger charge is 2.27. The fourth-order valence-electron chi connectivity index (χ4n) is 3.82. The normalized spacial score (nSPS) is 19.8. The van der Waals surface area contributed by atoms with Gasteiger partial charge in [-0.1, -0.05) is 20.3 Å². The molecule has 0 saturated carbocycles. The predicted molar refractivity (Wildman–Crippen MR) is 117 cm³/mol. The lowest BCUT2D eigenvalue weighted by atomic mass is 9.94. The van der Waals surface area contributed by atoms with Gasteiger partial charge in [0.25, 0.3) is 0 Å². The number of nitrogens with zero attached hydrogens (tertiary/aromatic N) is 6. The lowest BCUT2D eigenvalue weighted by Crippen LogP contribution is -2.45. The summed E-state index contributed by atoms with van der Waals surface area (Å²) in [7, 11) is -2.40. The molecule has 31 heavy (non-hydrogen) atoms. The van der Waals surface area contributed by atoms with E-state index < -0.39 is 10.7 Å². The lowest BCUT2D eigenvalue weighted by molar-refractivity contribution is 0.196. The van der Waals surface area contributed by atoms with Gasteiger partial charge >= 0.3 is 0 Å². The van der Waals surface area contributed by atoms with Gasteiger partial charge in [-0.3, -0.25) is 10.00 Å². The van der Waals surface area contributed by atoms with Crippen LogP contribution in [0.1, 0.15) is 33.1 Å². The number of thiol groups is 1. The van der Waals surface area contributed by atoms with Crippen molar-refractivity contribution in [2.75, 3.05) is 30.9 Å². The molecule has 4 rings (SSSR count). The number of nitrogens with one attached hydrogen (secondary N) is 2. The second-order valence-electron chi connectivity index (χ2n) is 7.87. The summed E-state index contributed by atoms with van der Waals surface area (Å²) in [6.07, 6.45) is 7.89. The molecule has 4 heterocycles. The smallest absolute Gasteiger partial charge is 0.244 e. The first-order valence-corrected chi connectivity index (χ1v) is 11.9. The molecule has 1 saturated heterocycles. The van der Waals surface area contributed by atoms with E-state index in [0.717, 1.165) is 31.4 Å². The highest BCUT2D eigenvalue weighted by atomic mass is 32.2. The monoisotopic (exact) mass is 448 g/mol. The molecule has 3 aromatic rings. The van der Waals surface area contributed by atoms with Gasteiger partial charge in [-0.2, -0.15) is 14.6 Å². The Labute approximate surface area is 182 Å². The second kappa shape index (κ2) is 9.60. The number of unbranched alkanes of at least 4 members (excludes halogenated alkanes) is 1. The molecule has 0 spiro atoms. The zero-order chi connectivity index (χ0) is 21.8. The number of fused-ring (bicyclic) bond motifs is 1. The zero-order valence-corrected chi connectivity index (χ0v) is 18.6. The third-order valence-corrected chi connectivity index (χ3v) is 6.09. The molecule has 12 heteroatoms. The molecule has 0 radical (unpaired) electrons. The van der Waals surface area contributed by atoms with E-state index in [1.54, 1.807) is 23.1 Å². The van der Waals surface area contributed by atoms with Crippen LogP contribution < -0.4 is 10.1 Å². The van der Waals surface area contributed by atoms with Crippen molar-refractivity contribution >= 4 is 22.3 Å². The van der Waals surface area contributed by atoms with Crippen LogP contribution in [0, 0.1) is 5.92 Å². The van der Waals surface area contributed by atoms with Gasteiger partial charge in [0.2, 0.25) is 11.8 Å². The summed E-state index contributed by atoms with van der Waals surface area (Å²) in [5.41, 5.74) is 2.06. The van der Waals surface area contributed by atoms with E-state index in [2.05, 4.69) is 44.4 Å². The van der Waals surface area contributed by atoms with E-state index in [0.29, 0.717) is 36.3 Å². The molecule has 1 fully saturated rings. The van der Waals surface area contributed by atoms with Gasteiger partial charge in [-0.15, -0.1) is 5.10 Å². The number of rotatable bonds is 9. The van der Waals surface area contributed by atoms with Crippen LogP contribution in [-0.2, 0) is 10.7 Å². The number of aromatic nitrogens is 6. The first-order valence-electron chi connectivity index (χ1n) is 10.5. The zero-order valence-electron chi connectivity index (χ0n) is 17.7. The van der Waals surface area contributed by atoms with Crippen molar-refractivity contribution in [3.63, 3.8) is 0 Å². The van der Waals surface area contributed by atoms with Crippen molar-refractivity contribution < 1.29 is 13.2 Å². The van der Waals surface area contributed by atoms with E-state index in [1.165, 1.54) is 0 Å². The predicted octanol–water partition coefficient (Wildman–Crippen LogP) is 1.38. The number of H-pyrrole nitrogens is 1. The highest BCUT2D eigenvalue weighted by molar-refractivity contribution is 7.72. The standard InChI is InChI=1S/C19H28N8O3S/c1-3-4-7-30-18-17(14-8-21-22-9-14)20-10-16-24-19(25-27(16)18)23-15-5-6-26(11-13(15)2)12-31(28)29/h8-10,13,15,31H,3-7,11-12H2,1-2H3,(H,21,22)(H,23,25)/t13-,15+/m1/s1. The number of anilines is 1. The van der Waals surface area contributed by atoms with Gasteiger partial charge in [0.15, 0.2) is 16.4 Å². The van der Waals surface area contributed by atoms with Crippen molar-refractivity contribution in [2.45, 2.75) is 39.2 Å². The first-order chi connectivity index (χ1) is 15.0. The fourth-order valence-corrected chi connectivity index (χ4v) is 4.40. The molecule has 1 aliphatic rings. The second-order valence-corrected chi connectivity index (χ2v) is 8.82. The van der Waals surface area contributed by atoms with Crippen LogP contribution in [0.4, 0.5) is 5.95 Å². The Kier molecular flexibility index (Phi) is 6.66. The Bertz CT molecular complexity index is 1070. The minimum absolute atomic E-state index is 0.111. The number of likely N-dealkylation sites (tertiary alicyclic amines) is 1. The van der Waals surface area contributed by atoms with Crippen LogP contribution in [0.2, 0.25) is 0 Å². The van der Waals surface area contributed by atoms with E-state index in [9.17, 15) is 8.42 Å². The maximum atomic E-state index is 11.0.